The largest absolute Gasteiger partial charge is 0.508 e. The number of phenolic OH excluding ortho intramolecular Hbond substituents is 1. The van der Waals surface area contributed by atoms with Gasteiger partial charge in [-0.2, -0.15) is 0 Å². The van der Waals surface area contributed by atoms with E-state index in [1.165, 1.54) is 6.07 Å². The smallest absolute Gasteiger partial charge is 0.191 e. The Kier molecular flexibility index (Phi) is 7.76. The number of aromatic hydroxyl groups is 1. The molecule has 6 nitrogen and oxygen atoms in total. The number of phenols is 1. The SMILES string of the molecule is CCNC(=NCCc1ccc(OC)cc1O)NC1CCN(c2cccc(F)c2)CC1. The first-order valence-electron chi connectivity index (χ1n) is 10.5. The third kappa shape index (κ3) is 6.02. The minimum Gasteiger partial charge on any atom is -0.508 e. The number of aliphatic imine (C=N–C) groups is 1. The lowest BCUT2D eigenvalue weighted by Gasteiger charge is -2.34. The van der Waals surface area contributed by atoms with Crippen LogP contribution >= 0.6 is 0 Å². The van der Waals surface area contributed by atoms with Gasteiger partial charge in [0.15, 0.2) is 5.96 Å². The standard InChI is InChI=1S/C23H31FN4O2/c1-3-25-23(26-12-9-17-7-8-21(30-2)16-22(17)29)27-19-10-13-28(14-11-19)20-6-4-5-18(24)15-20/h4-8,15-16,19,29H,3,9-14H2,1-2H3,(H2,25,26,27). The van der Waals surface area contributed by atoms with Crippen molar-refractivity contribution in [3.63, 3.8) is 0 Å². The van der Waals surface area contributed by atoms with Crippen LogP contribution in [0, 0.1) is 5.82 Å². The molecule has 0 spiro atoms. The molecule has 3 N–H and O–H groups in total. The van der Waals surface area contributed by atoms with Gasteiger partial charge in [-0.15, -0.1) is 0 Å². The summed E-state index contributed by atoms with van der Waals surface area (Å²) in [6.07, 6.45) is 2.56. The van der Waals surface area contributed by atoms with Crippen molar-refractivity contribution in [2.75, 3.05) is 38.2 Å². The van der Waals surface area contributed by atoms with Gasteiger partial charge in [0.25, 0.3) is 0 Å². The summed E-state index contributed by atoms with van der Waals surface area (Å²) in [5.41, 5.74) is 1.78. The van der Waals surface area contributed by atoms with Crippen molar-refractivity contribution in [1.29, 1.82) is 0 Å². The Morgan fingerprint density at radius 1 is 1.23 bits per heavy atom. The normalized spacial score (nSPS) is 15.2. The van der Waals surface area contributed by atoms with Gasteiger partial charge in [-0.05, 0) is 56.0 Å². The van der Waals surface area contributed by atoms with Crippen molar-refractivity contribution in [2.45, 2.75) is 32.2 Å². The summed E-state index contributed by atoms with van der Waals surface area (Å²) in [5, 5.41) is 16.9. The first kappa shape index (κ1) is 21.7. The number of guanidine groups is 1. The molecule has 3 rings (SSSR count). The lowest BCUT2D eigenvalue weighted by atomic mass is 10.0. The maximum Gasteiger partial charge on any atom is 0.191 e. The zero-order valence-electron chi connectivity index (χ0n) is 17.7. The minimum atomic E-state index is -0.197. The highest BCUT2D eigenvalue weighted by atomic mass is 19.1. The van der Waals surface area contributed by atoms with Crippen molar-refractivity contribution < 1.29 is 14.2 Å². The zero-order chi connectivity index (χ0) is 21.3. The summed E-state index contributed by atoms with van der Waals surface area (Å²) in [6.45, 7) is 5.14. The van der Waals surface area contributed by atoms with E-state index in [2.05, 4.69) is 20.5 Å². The number of nitrogens with one attached hydrogen (secondary N) is 2. The zero-order valence-corrected chi connectivity index (χ0v) is 17.7. The molecule has 1 fully saturated rings. The molecular formula is C23H31FN4O2. The van der Waals surface area contributed by atoms with Gasteiger partial charge in [0, 0.05) is 44.0 Å². The number of hydrogen-bond donors (Lipinski definition) is 3. The lowest BCUT2D eigenvalue weighted by Crippen LogP contribution is -2.48. The molecule has 0 atom stereocenters. The Morgan fingerprint density at radius 3 is 2.70 bits per heavy atom. The van der Waals surface area contributed by atoms with Crippen LogP contribution in [0.15, 0.2) is 47.5 Å². The van der Waals surface area contributed by atoms with Crippen LogP contribution in [0.1, 0.15) is 25.3 Å². The summed E-state index contributed by atoms with van der Waals surface area (Å²) in [5.74, 6) is 1.46. The van der Waals surface area contributed by atoms with Gasteiger partial charge in [-0.1, -0.05) is 12.1 Å². The number of rotatable bonds is 7. The second-order valence-corrected chi connectivity index (χ2v) is 7.39. The summed E-state index contributed by atoms with van der Waals surface area (Å²) >= 11 is 0. The van der Waals surface area contributed by atoms with Crippen molar-refractivity contribution in [3.8, 4) is 11.5 Å². The van der Waals surface area contributed by atoms with E-state index in [9.17, 15) is 9.50 Å². The van der Waals surface area contributed by atoms with Gasteiger partial charge in [-0.3, -0.25) is 4.99 Å². The fourth-order valence-corrected chi connectivity index (χ4v) is 3.64. The van der Waals surface area contributed by atoms with Crippen LogP contribution < -0.4 is 20.3 Å². The molecule has 0 bridgehead atoms. The third-order valence-corrected chi connectivity index (χ3v) is 5.30. The Morgan fingerprint density at radius 2 is 2.03 bits per heavy atom. The van der Waals surface area contributed by atoms with E-state index in [0.29, 0.717) is 24.8 Å². The molecule has 0 aromatic heterocycles. The van der Waals surface area contributed by atoms with Crippen molar-refractivity contribution in [2.24, 2.45) is 4.99 Å². The van der Waals surface area contributed by atoms with Crippen LogP contribution in [0.25, 0.3) is 0 Å². The fraction of sp³-hybridized carbons (Fsp3) is 0.435. The second-order valence-electron chi connectivity index (χ2n) is 7.39. The highest BCUT2D eigenvalue weighted by Crippen LogP contribution is 2.24. The van der Waals surface area contributed by atoms with E-state index in [0.717, 1.165) is 49.7 Å². The fourth-order valence-electron chi connectivity index (χ4n) is 3.64. The van der Waals surface area contributed by atoms with E-state index < -0.39 is 0 Å². The van der Waals surface area contributed by atoms with Crippen LogP contribution in [0.2, 0.25) is 0 Å². The third-order valence-electron chi connectivity index (χ3n) is 5.30. The van der Waals surface area contributed by atoms with E-state index in [1.807, 2.05) is 25.1 Å². The van der Waals surface area contributed by atoms with Crippen molar-refractivity contribution >= 4 is 11.6 Å². The van der Waals surface area contributed by atoms with Gasteiger partial charge >= 0.3 is 0 Å². The number of ether oxygens (including phenoxy) is 1. The van der Waals surface area contributed by atoms with Crippen molar-refractivity contribution in [3.05, 3.63) is 53.8 Å². The number of halogens is 1. The molecule has 7 heteroatoms. The molecule has 1 saturated heterocycles. The maximum absolute atomic E-state index is 13.5. The average molecular weight is 415 g/mol. The number of anilines is 1. The molecular weight excluding hydrogens is 383 g/mol. The van der Waals surface area contributed by atoms with E-state index in [4.69, 9.17) is 4.74 Å². The Labute approximate surface area is 177 Å². The van der Waals surface area contributed by atoms with Gasteiger partial charge in [-0.25, -0.2) is 4.39 Å². The molecule has 1 aliphatic rings. The summed E-state index contributed by atoms with van der Waals surface area (Å²) < 4.78 is 18.6. The Balaban J connectivity index is 1.51. The number of methoxy groups -OCH3 is 1. The topological polar surface area (TPSA) is 69.1 Å². The molecule has 0 unspecified atom stereocenters. The molecule has 1 heterocycles. The van der Waals surface area contributed by atoms with E-state index in [-0.39, 0.29) is 11.6 Å². The highest BCUT2D eigenvalue weighted by Gasteiger charge is 2.20. The van der Waals surface area contributed by atoms with E-state index >= 15 is 0 Å². The van der Waals surface area contributed by atoms with Crippen LogP contribution in [0.5, 0.6) is 11.5 Å². The molecule has 0 aliphatic carbocycles. The molecule has 0 amide bonds. The van der Waals surface area contributed by atoms with Crippen LogP contribution in [0.3, 0.4) is 0 Å². The minimum absolute atomic E-state index is 0.197. The molecule has 2 aromatic carbocycles. The first-order chi connectivity index (χ1) is 14.6. The summed E-state index contributed by atoms with van der Waals surface area (Å²) in [6, 6.07) is 12.4. The number of piperidine rings is 1. The molecule has 0 radical (unpaired) electrons. The Hall–Kier alpha value is -2.96. The number of benzene rings is 2. The average Bonchev–Trinajstić information content (AvgIpc) is 2.75. The van der Waals surface area contributed by atoms with Gasteiger partial charge in [0.1, 0.15) is 17.3 Å². The van der Waals surface area contributed by atoms with Crippen LogP contribution in [0.4, 0.5) is 10.1 Å². The maximum atomic E-state index is 13.5. The van der Waals surface area contributed by atoms with Crippen LogP contribution in [-0.4, -0.2) is 50.4 Å². The first-order valence-corrected chi connectivity index (χ1v) is 10.5. The molecule has 162 valence electrons. The van der Waals surface area contributed by atoms with Crippen LogP contribution in [-0.2, 0) is 6.42 Å². The van der Waals surface area contributed by atoms with Gasteiger partial charge in [0.2, 0.25) is 0 Å². The quantitative estimate of drug-likeness (QED) is 0.479. The summed E-state index contributed by atoms with van der Waals surface area (Å²) in [4.78, 5) is 6.88. The number of hydrogen-bond acceptors (Lipinski definition) is 4. The molecule has 1 aliphatic heterocycles. The predicted molar refractivity (Wildman–Crippen MR) is 119 cm³/mol. The van der Waals surface area contributed by atoms with E-state index in [1.54, 1.807) is 25.3 Å². The molecule has 2 aromatic rings. The second kappa shape index (κ2) is 10.7. The van der Waals surface area contributed by atoms with Gasteiger partial charge in [0.05, 0.1) is 7.11 Å². The highest BCUT2D eigenvalue weighted by molar-refractivity contribution is 5.80. The summed E-state index contributed by atoms with van der Waals surface area (Å²) in [7, 11) is 1.58. The Bertz CT molecular complexity index is 851. The monoisotopic (exact) mass is 414 g/mol. The lowest BCUT2D eigenvalue weighted by molar-refractivity contribution is 0.406. The van der Waals surface area contributed by atoms with Crippen molar-refractivity contribution in [1.82, 2.24) is 10.6 Å². The number of nitrogens with zero attached hydrogens (tertiary/aromatic N) is 2. The predicted octanol–water partition coefficient (Wildman–Crippen LogP) is 3.31. The molecule has 0 saturated carbocycles. The molecule has 30 heavy (non-hydrogen) atoms. The van der Waals surface area contributed by atoms with Gasteiger partial charge < -0.3 is 25.4 Å².